The largest absolute Gasteiger partial charge is 0.268 e. The zero-order valence-electron chi connectivity index (χ0n) is 31.9. The standard InChI is InChI=1S/C48H42N2O4/c1-23(2)27-11-9-12-28(24(3)4)43(27)49-45(51)35-19-15-31-33-17-21-37-42-38(22-18-34(40(33)42)32-16-20-36(46(49)52)41(35)39(31)32)48(54)50(47(37)53)44-29(25(5)6)13-10-14-30(44)26(7)8/h9-26H,1-8H3. The number of amides is 4. The number of carbonyl (C=O) groups is 4. The van der Waals surface area contributed by atoms with Crippen molar-refractivity contribution in [2.45, 2.75) is 79.1 Å². The van der Waals surface area contributed by atoms with Crippen LogP contribution >= 0.6 is 0 Å². The maximum Gasteiger partial charge on any atom is 0.266 e. The lowest BCUT2D eigenvalue weighted by atomic mass is 9.81. The fourth-order valence-corrected chi connectivity index (χ4v) is 9.21. The van der Waals surface area contributed by atoms with Gasteiger partial charge in [-0.1, -0.05) is 116 Å². The molecule has 0 N–H and O–H groups in total. The first-order valence-electron chi connectivity index (χ1n) is 19.1. The van der Waals surface area contributed by atoms with Crippen molar-refractivity contribution in [2.24, 2.45) is 0 Å². The van der Waals surface area contributed by atoms with Crippen LogP contribution in [0.3, 0.4) is 0 Å². The Morgan fingerprint density at radius 2 is 0.574 bits per heavy atom. The summed E-state index contributed by atoms with van der Waals surface area (Å²) in [7, 11) is 0. The van der Waals surface area contributed by atoms with Gasteiger partial charge in [0.1, 0.15) is 0 Å². The molecule has 6 nitrogen and oxygen atoms in total. The van der Waals surface area contributed by atoms with Crippen molar-refractivity contribution in [1.82, 2.24) is 0 Å². The summed E-state index contributed by atoms with van der Waals surface area (Å²) in [5, 5.41) is 6.45. The molecule has 0 aliphatic carbocycles. The molecule has 54 heavy (non-hydrogen) atoms. The van der Waals surface area contributed by atoms with Crippen LogP contribution in [-0.4, -0.2) is 23.6 Å². The summed E-state index contributed by atoms with van der Waals surface area (Å²) in [5.74, 6) is -0.931. The molecule has 0 unspecified atom stereocenters. The maximum atomic E-state index is 14.6. The van der Waals surface area contributed by atoms with Gasteiger partial charge in [0.2, 0.25) is 0 Å². The molecule has 2 heterocycles. The number of hydrogen-bond acceptors (Lipinski definition) is 4. The lowest BCUT2D eigenvalue weighted by Crippen LogP contribution is -2.42. The summed E-state index contributed by atoms with van der Waals surface area (Å²) >= 11 is 0. The van der Waals surface area contributed by atoms with Gasteiger partial charge in [-0.15, -0.1) is 0 Å². The van der Waals surface area contributed by atoms with Crippen molar-refractivity contribution in [3.63, 3.8) is 0 Å². The molecular formula is C48H42N2O4. The highest BCUT2D eigenvalue weighted by atomic mass is 16.2. The minimum absolute atomic E-state index is 0.0997. The molecule has 2 aliphatic heterocycles. The van der Waals surface area contributed by atoms with E-state index < -0.39 is 0 Å². The second kappa shape index (κ2) is 11.8. The van der Waals surface area contributed by atoms with Crippen molar-refractivity contribution >= 4 is 78.1 Å². The highest BCUT2D eigenvalue weighted by Gasteiger charge is 2.40. The Morgan fingerprint density at radius 3 is 0.796 bits per heavy atom. The number of anilines is 2. The highest BCUT2D eigenvalue weighted by molar-refractivity contribution is 6.45. The smallest absolute Gasteiger partial charge is 0.266 e. The number of benzene rings is 7. The van der Waals surface area contributed by atoms with E-state index in [-0.39, 0.29) is 47.3 Å². The minimum atomic E-state index is -0.332. The van der Waals surface area contributed by atoms with Crippen LogP contribution in [0.2, 0.25) is 0 Å². The van der Waals surface area contributed by atoms with E-state index in [0.29, 0.717) is 44.4 Å². The fourth-order valence-electron chi connectivity index (χ4n) is 9.21. The average Bonchev–Trinajstić information content (AvgIpc) is 3.15. The number of fused-ring (bicyclic) bond motifs is 2. The van der Waals surface area contributed by atoms with Crippen LogP contribution in [0.4, 0.5) is 11.4 Å². The van der Waals surface area contributed by atoms with Gasteiger partial charge in [-0.3, -0.25) is 19.2 Å². The molecule has 9 rings (SSSR count). The molecule has 6 heteroatoms. The number of imide groups is 2. The summed E-state index contributed by atoms with van der Waals surface area (Å²) in [4.78, 5) is 61.4. The first-order valence-corrected chi connectivity index (χ1v) is 19.1. The van der Waals surface area contributed by atoms with Crippen LogP contribution in [0, 0.1) is 0 Å². The summed E-state index contributed by atoms with van der Waals surface area (Å²) in [6.07, 6.45) is 0. The van der Waals surface area contributed by atoms with Crippen molar-refractivity contribution in [3.05, 3.63) is 129 Å². The second-order valence-electron chi connectivity index (χ2n) is 16.2. The van der Waals surface area contributed by atoms with Crippen molar-refractivity contribution in [3.8, 4) is 0 Å². The molecule has 4 amide bonds. The molecule has 7 aromatic rings. The van der Waals surface area contributed by atoms with Gasteiger partial charge in [0.05, 0.1) is 11.4 Å². The van der Waals surface area contributed by atoms with E-state index in [4.69, 9.17) is 0 Å². The Labute approximate surface area is 314 Å². The van der Waals surface area contributed by atoms with Crippen LogP contribution in [0.15, 0.2) is 84.9 Å². The van der Waals surface area contributed by atoms with Gasteiger partial charge in [0.25, 0.3) is 23.6 Å². The maximum absolute atomic E-state index is 14.6. The molecule has 2 aliphatic rings. The molecule has 0 saturated heterocycles. The predicted molar refractivity (Wildman–Crippen MR) is 219 cm³/mol. The number of para-hydroxylation sites is 2. The SMILES string of the molecule is CC(C)c1cccc(C(C)C)c1N1C(=O)c2ccc3c4ccc5c6c(ccc(c7ccc(c2c37)C1=O)c64)C(=O)N(c1c(C(C)C)cccc1C(C)C)C5=O. The van der Waals surface area contributed by atoms with E-state index in [2.05, 4.69) is 55.4 Å². The van der Waals surface area contributed by atoms with Crippen LogP contribution in [0.5, 0.6) is 0 Å². The fraction of sp³-hybridized carbons (Fsp3) is 0.250. The van der Waals surface area contributed by atoms with Crippen molar-refractivity contribution in [2.75, 3.05) is 9.80 Å². The molecule has 0 fully saturated rings. The molecule has 7 aromatic carbocycles. The van der Waals surface area contributed by atoms with Gasteiger partial charge in [-0.05, 0) is 103 Å². The average molecular weight is 711 g/mol. The van der Waals surface area contributed by atoms with E-state index >= 15 is 0 Å². The molecule has 0 atom stereocenters. The van der Waals surface area contributed by atoms with Crippen LogP contribution in [0.25, 0.3) is 43.1 Å². The monoisotopic (exact) mass is 710 g/mol. The number of nitrogens with zero attached hydrogens (tertiary/aromatic N) is 2. The zero-order valence-corrected chi connectivity index (χ0v) is 31.9. The normalized spacial score (nSPS) is 14.7. The van der Waals surface area contributed by atoms with Crippen LogP contribution in [-0.2, 0) is 0 Å². The van der Waals surface area contributed by atoms with E-state index in [9.17, 15) is 19.2 Å². The molecule has 0 saturated carbocycles. The van der Waals surface area contributed by atoms with Gasteiger partial charge in [-0.25, -0.2) is 9.80 Å². The lowest BCUT2D eigenvalue weighted by molar-refractivity contribution is 0.0877. The van der Waals surface area contributed by atoms with Gasteiger partial charge >= 0.3 is 0 Å². The molecule has 0 aromatic heterocycles. The van der Waals surface area contributed by atoms with E-state index in [1.54, 1.807) is 0 Å². The molecular weight excluding hydrogens is 669 g/mol. The van der Waals surface area contributed by atoms with Crippen LogP contribution in [0.1, 0.15) is 143 Å². The third-order valence-electron chi connectivity index (χ3n) is 11.8. The van der Waals surface area contributed by atoms with Crippen molar-refractivity contribution in [1.29, 1.82) is 0 Å². The molecule has 0 radical (unpaired) electrons. The molecule has 0 spiro atoms. The lowest BCUT2D eigenvalue weighted by Gasteiger charge is -2.33. The van der Waals surface area contributed by atoms with E-state index in [1.807, 2.05) is 84.9 Å². The van der Waals surface area contributed by atoms with E-state index in [0.717, 1.165) is 54.6 Å². The first-order chi connectivity index (χ1) is 25.8. The zero-order chi connectivity index (χ0) is 38.1. The number of rotatable bonds is 6. The Bertz CT molecular complexity index is 2460. The Kier molecular flexibility index (Phi) is 7.42. The Balaban J connectivity index is 1.28. The summed E-state index contributed by atoms with van der Waals surface area (Å²) in [5.41, 5.74) is 7.14. The Hall–Kier alpha value is -5.88. The summed E-state index contributed by atoms with van der Waals surface area (Å²) in [6, 6.07) is 27.3. The summed E-state index contributed by atoms with van der Waals surface area (Å²) in [6.45, 7) is 16.7. The van der Waals surface area contributed by atoms with Crippen LogP contribution < -0.4 is 9.80 Å². The Morgan fingerprint density at radius 1 is 0.333 bits per heavy atom. The van der Waals surface area contributed by atoms with E-state index in [1.165, 1.54) is 9.80 Å². The van der Waals surface area contributed by atoms with Gasteiger partial charge in [-0.2, -0.15) is 0 Å². The molecule has 268 valence electrons. The third-order valence-corrected chi connectivity index (χ3v) is 11.8. The second-order valence-corrected chi connectivity index (χ2v) is 16.2. The quantitative estimate of drug-likeness (QED) is 0.0978. The van der Waals surface area contributed by atoms with Gasteiger partial charge < -0.3 is 0 Å². The number of carbonyl (C=O) groups excluding carboxylic acids is 4. The predicted octanol–water partition coefficient (Wildman–Crippen LogP) is 11.8. The van der Waals surface area contributed by atoms with Gasteiger partial charge in [0.15, 0.2) is 0 Å². The highest BCUT2D eigenvalue weighted by Crippen LogP contribution is 2.49. The number of hydrogen-bond donors (Lipinski definition) is 0. The third kappa shape index (κ3) is 4.40. The minimum Gasteiger partial charge on any atom is -0.268 e. The summed E-state index contributed by atoms with van der Waals surface area (Å²) < 4.78 is 0. The van der Waals surface area contributed by atoms with Crippen molar-refractivity contribution < 1.29 is 19.2 Å². The van der Waals surface area contributed by atoms with Gasteiger partial charge in [0, 0.05) is 33.0 Å². The molecule has 0 bridgehead atoms. The first kappa shape index (κ1) is 33.9. The topological polar surface area (TPSA) is 74.8 Å².